The van der Waals surface area contributed by atoms with Gasteiger partial charge in [0, 0.05) is 11.8 Å². The van der Waals surface area contributed by atoms with Crippen molar-refractivity contribution < 1.29 is 0 Å². The van der Waals surface area contributed by atoms with Crippen LogP contribution in [0.15, 0.2) is 59.8 Å². The molecular weight excluding hydrogens is 270 g/mol. The Labute approximate surface area is 120 Å². The largest absolute Gasteiger partial charge is 0.255 e. The topological polar surface area (TPSA) is 58.9 Å². The van der Waals surface area contributed by atoms with Gasteiger partial charge in [0.15, 0.2) is 5.82 Å². The van der Waals surface area contributed by atoms with E-state index in [1.807, 2.05) is 48.5 Å². The predicted molar refractivity (Wildman–Crippen MR) is 80.1 cm³/mol. The number of nitrogens with one attached hydrogen (secondary N) is 1. The van der Waals surface area contributed by atoms with Gasteiger partial charge in [-0.25, -0.2) is 5.10 Å². The smallest absolute Gasteiger partial charge is 0.216 e. The van der Waals surface area contributed by atoms with Gasteiger partial charge in [0.2, 0.25) is 4.77 Å². The van der Waals surface area contributed by atoms with Crippen LogP contribution in [-0.2, 0) is 0 Å². The third kappa shape index (κ3) is 2.55. The van der Waals surface area contributed by atoms with Crippen LogP contribution in [0, 0.1) is 4.77 Å². The summed E-state index contributed by atoms with van der Waals surface area (Å²) in [5.41, 5.74) is 1.70. The number of nitrogens with zero attached hydrogens (tertiary/aromatic N) is 4. The number of rotatable bonds is 3. The van der Waals surface area contributed by atoms with Crippen molar-refractivity contribution >= 4 is 18.4 Å². The Morgan fingerprint density at radius 1 is 1.10 bits per heavy atom. The summed E-state index contributed by atoms with van der Waals surface area (Å²) in [6.45, 7) is 0. The molecular formula is C14H11N5S. The minimum absolute atomic E-state index is 0.441. The Morgan fingerprint density at radius 3 is 2.65 bits per heavy atom. The first kappa shape index (κ1) is 12.4. The van der Waals surface area contributed by atoms with E-state index in [1.165, 1.54) is 0 Å². The van der Waals surface area contributed by atoms with Gasteiger partial charge in [-0.05, 0) is 24.4 Å². The molecule has 2 aromatic heterocycles. The molecule has 0 unspecified atom stereocenters. The highest BCUT2D eigenvalue weighted by Gasteiger charge is 2.06. The third-order valence-corrected chi connectivity index (χ3v) is 2.94. The quantitative estimate of drug-likeness (QED) is 0.593. The second kappa shape index (κ2) is 5.58. The zero-order valence-corrected chi connectivity index (χ0v) is 11.3. The summed E-state index contributed by atoms with van der Waals surface area (Å²) in [4.78, 5) is 4.18. The molecule has 0 aliphatic rings. The van der Waals surface area contributed by atoms with Gasteiger partial charge in [0.1, 0.15) is 0 Å². The fourth-order valence-corrected chi connectivity index (χ4v) is 1.92. The van der Waals surface area contributed by atoms with Crippen molar-refractivity contribution in [2.75, 3.05) is 0 Å². The number of hydrogen-bond acceptors (Lipinski definition) is 4. The highest BCUT2D eigenvalue weighted by atomic mass is 32.1. The van der Waals surface area contributed by atoms with E-state index < -0.39 is 0 Å². The predicted octanol–water partition coefficient (Wildman–Crippen LogP) is 2.88. The average molecular weight is 281 g/mol. The monoisotopic (exact) mass is 281 g/mol. The average Bonchev–Trinajstić information content (AvgIpc) is 2.88. The molecule has 0 bridgehead atoms. The van der Waals surface area contributed by atoms with Gasteiger partial charge in [0.05, 0.1) is 11.9 Å². The van der Waals surface area contributed by atoms with E-state index in [0.717, 1.165) is 11.3 Å². The van der Waals surface area contributed by atoms with Crippen molar-refractivity contribution in [3.63, 3.8) is 0 Å². The fourth-order valence-electron chi connectivity index (χ4n) is 1.74. The Kier molecular flexibility index (Phi) is 3.47. The number of pyridine rings is 1. The Balaban J connectivity index is 2.01. The lowest BCUT2D eigenvalue weighted by Gasteiger charge is -2.00. The van der Waals surface area contributed by atoms with Gasteiger partial charge < -0.3 is 0 Å². The molecule has 0 spiro atoms. The van der Waals surface area contributed by atoms with Crippen LogP contribution in [0.2, 0.25) is 0 Å². The molecule has 0 saturated heterocycles. The minimum Gasteiger partial charge on any atom is -0.255 e. The first-order valence-corrected chi connectivity index (χ1v) is 6.43. The molecule has 0 fully saturated rings. The minimum atomic E-state index is 0.441. The van der Waals surface area contributed by atoms with Crippen LogP contribution < -0.4 is 0 Å². The molecule has 1 aromatic carbocycles. The summed E-state index contributed by atoms with van der Waals surface area (Å²) in [6, 6.07) is 15.4. The van der Waals surface area contributed by atoms with Crippen LogP contribution in [0.5, 0.6) is 0 Å². The second-order valence-corrected chi connectivity index (χ2v) is 4.42. The molecule has 0 saturated carbocycles. The van der Waals surface area contributed by atoms with Gasteiger partial charge >= 0.3 is 0 Å². The van der Waals surface area contributed by atoms with Gasteiger partial charge in [-0.15, -0.1) is 0 Å². The van der Waals surface area contributed by atoms with Crippen molar-refractivity contribution in [3.05, 3.63) is 65.2 Å². The summed E-state index contributed by atoms with van der Waals surface area (Å²) in [5, 5.41) is 11.3. The van der Waals surface area contributed by atoms with Gasteiger partial charge in [-0.1, -0.05) is 36.4 Å². The molecule has 0 aliphatic heterocycles. The van der Waals surface area contributed by atoms with Crippen LogP contribution in [0.1, 0.15) is 5.69 Å². The number of aromatic nitrogens is 4. The number of H-pyrrole nitrogens is 1. The lowest BCUT2D eigenvalue weighted by Crippen LogP contribution is -1.95. The molecule has 0 atom stereocenters. The van der Waals surface area contributed by atoms with Crippen LogP contribution >= 0.6 is 12.2 Å². The maximum Gasteiger partial charge on any atom is 0.216 e. The van der Waals surface area contributed by atoms with Gasteiger partial charge in [0.25, 0.3) is 0 Å². The van der Waals surface area contributed by atoms with Crippen LogP contribution in [0.4, 0.5) is 0 Å². The highest BCUT2D eigenvalue weighted by molar-refractivity contribution is 7.71. The first-order valence-electron chi connectivity index (χ1n) is 6.03. The van der Waals surface area contributed by atoms with Crippen LogP contribution in [0.3, 0.4) is 0 Å². The molecule has 5 nitrogen and oxygen atoms in total. The molecule has 3 aromatic rings. The van der Waals surface area contributed by atoms with Crippen molar-refractivity contribution in [1.29, 1.82) is 0 Å². The number of hydrogen-bond donors (Lipinski definition) is 1. The van der Waals surface area contributed by atoms with E-state index in [0.29, 0.717) is 10.6 Å². The summed E-state index contributed by atoms with van der Waals surface area (Å²) < 4.78 is 2.02. The fraction of sp³-hybridized carbons (Fsp3) is 0. The van der Waals surface area contributed by atoms with Crippen molar-refractivity contribution in [2.24, 2.45) is 5.10 Å². The van der Waals surface area contributed by atoms with E-state index >= 15 is 0 Å². The Hall–Kier alpha value is -2.60. The van der Waals surface area contributed by atoms with Crippen LogP contribution in [-0.4, -0.2) is 26.1 Å². The molecule has 6 heteroatoms. The third-order valence-electron chi connectivity index (χ3n) is 2.68. The maximum absolute atomic E-state index is 5.20. The molecule has 98 valence electrons. The van der Waals surface area contributed by atoms with E-state index in [9.17, 15) is 0 Å². The maximum atomic E-state index is 5.20. The van der Waals surface area contributed by atoms with Gasteiger partial charge in [-0.2, -0.15) is 14.9 Å². The van der Waals surface area contributed by atoms with E-state index in [1.54, 1.807) is 17.1 Å². The Bertz CT molecular complexity index is 774. The lowest BCUT2D eigenvalue weighted by atomic mass is 10.2. The number of benzene rings is 1. The molecule has 3 rings (SSSR count). The number of aromatic amines is 1. The molecule has 0 amide bonds. The highest BCUT2D eigenvalue weighted by Crippen LogP contribution is 2.16. The zero-order valence-electron chi connectivity index (χ0n) is 10.5. The summed E-state index contributed by atoms with van der Waals surface area (Å²) in [7, 11) is 0. The molecule has 0 radical (unpaired) electrons. The van der Waals surface area contributed by atoms with Crippen molar-refractivity contribution in [1.82, 2.24) is 19.9 Å². The molecule has 2 heterocycles. The normalized spacial score (nSPS) is 11.0. The molecule has 0 aliphatic carbocycles. The van der Waals surface area contributed by atoms with Crippen molar-refractivity contribution in [2.45, 2.75) is 0 Å². The van der Waals surface area contributed by atoms with E-state index in [2.05, 4.69) is 20.3 Å². The zero-order chi connectivity index (χ0) is 13.8. The SMILES string of the molecule is S=c1[nH]nc(-c2ccccc2)n1/N=C/c1ccccn1. The van der Waals surface area contributed by atoms with E-state index in [4.69, 9.17) is 12.2 Å². The summed E-state index contributed by atoms with van der Waals surface area (Å²) in [5.74, 6) is 0.669. The standard InChI is InChI=1S/C14H11N5S/c20-14-18-17-13(11-6-2-1-3-7-11)19(14)16-10-12-8-4-5-9-15-12/h1-10H,(H,18,20)/b16-10+. The molecule has 1 N–H and O–H groups in total. The summed E-state index contributed by atoms with van der Waals surface area (Å²) in [6.07, 6.45) is 3.37. The van der Waals surface area contributed by atoms with Crippen molar-refractivity contribution in [3.8, 4) is 11.4 Å². The van der Waals surface area contributed by atoms with E-state index in [-0.39, 0.29) is 0 Å². The second-order valence-electron chi connectivity index (χ2n) is 4.03. The Morgan fingerprint density at radius 2 is 1.90 bits per heavy atom. The lowest BCUT2D eigenvalue weighted by molar-refractivity contribution is 0.870. The van der Waals surface area contributed by atoms with Crippen LogP contribution in [0.25, 0.3) is 11.4 Å². The van der Waals surface area contributed by atoms with Gasteiger partial charge in [-0.3, -0.25) is 4.98 Å². The molecule has 20 heavy (non-hydrogen) atoms. The summed E-state index contributed by atoms with van der Waals surface area (Å²) >= 11 is 5.20. The first-order chi connectivity index (χ1) is 9.84.